The Hall–Kier alpha value is -2.87. The Bertz CT molecular complexity index is 1230. The Morgan fingerprint density at radius 2 is 1.16 bits per heavy atom. The summed E-state index contributed by atoms with van der Waals surface area (Å²) in [6.45, 7) is 20.0. The standard InChI is InChI=1S/C30H44N2O5S/c1-16(2)21-11-23(17(3)4)27(24(12-21)18(5)6)15-28(33)32-38(35,36)37-29-25(19(7)8)13-22(30(31)34)14-26(29)20(9)10/h11-14,16-20H,15H2,1-10H3,(H2,31,34)(H,32,33). The van der Waals surface area contributed by atoms with Gasteiger partial charge in [-0.05, 0) is 75.1 Å². The minimum Gasteiger partial charge on any atom is -0.366 e. The fraction of sp³-hybridized carbons (Fsp3) is 0.533. The zero-order valence-corrected chi connectivity index (χ0v) is 25.2. The summed E-state index contributed by atoms with van der Waals surface area (Å²) in [6, 6.07) is 7.34. The van der Waals surface area contributed by atoms with Crippen LogP contribution in [0.15, 0.2) is 24.3 Å². The second-order valence-electron chi connectivity index (χ2n) is 11.5. The Morgan fingerprint density at radius 1 is 0.737 bits per heavy atom. The molecule has 0 unspecified atom stereocenters. The number of carbonyl (C=O) groups is 2. The third kappa shape index (κ3) is 7.59. The van der Waals surface area contributed by atoms with Gasteiger partial charge < -0.3 is 9.92 Å². The first-order valence-electron chi connectivity index (χ1n) is 13.3. The van der Waals surface area contributed by atoms with Crippen LogP contribution in [0.5, 0.6) is 5.75 Å². The lowest BCUT2D eigenvalue weighted by Gasteiger charge is -2.23. The van der Waals surface area contributed by atoms with Gasteiger partial charge in [0, 0.05) is 5.56 Å². The molecule has 38 heavy (non-hydrogen) atoms. The maximum atomic E-state index is 13.1. The van der Waals surface area contributed by atoms with E-state index in [4.69, 9.17) is 9.92 Å². The maximum Gasteiger partial charge on any atom is 0.409 e. The molecule has 0 saturated carbocycles. The van der Waals surface area contributed by atoms with E-state index >= 15 is 0 Å². The highest BCUT2D eigenvalue weighted by molar-refractivity contribution is 7.85. The highest BCUT2D eigenvalue weighted by Gasteiger charge is 2.26. The van der Waals surface area contributed by atoms with Crippen LogP contribution in [0.4, 0.5) is 0 Å². The van der Waals surface area contributed by atoms with Gasteiger partial charge >= 0.3 is 10.3 Å². The zero-order chi connectivity index (χ0) is 29.1. The molecule has 0 saturated heterocycles. The molecule has 0 aromatic heterocycles. The van der Waals surface area contributed by atoms with E-state index in [0.29, 0.717) is 17.0 Å². The predicted molar refractivity (Wildman–Crippen MR) is 153 cm³/mol. The monoisotopic (exact) mass is 544 g/mol. The average Bonchev–Trinajstić information content (AvgIpc) is 2.77. The normalized spacial score (nSPS) is 12.2. The van der Waals surface area contributed by atoms with Crippen molar-refractivity contribution >= 4 is 22.1 Å². The van der Waals surface area contributed by atoms with Gasteiger partial charge in [0.25, 0.3) is 0 Å². The van der Waals surface area contributed by atoms with Crippen LogP contribution in [0.1, 0.15) is 143 Å². The van der Waals surface area contributed by atoms with Gasteiger partial charge in [0.15, 0.2) is 5.75 Å². The van der Waals surface area contributed by atoms with E-state index in [9.17, 15) is 18.0 Å². The van der Waals surface area contributed by atoms with E-state index in [2.05, 4.69) is 58.4 Å². The van der Waals surface area contributed by atoms with Gasteiger partial charge in [-0.15, -0.1) is 0 Å². The van der Waals surface area contributed by atoms with Gasteiger partial charge in [0.05, 0.1) is 6.42 Å². The minimum atomic E-state index is -4.50. The van der Waals surface area contributed by atoms with Crippen molar-refractivity contribution in [1.82, 2.24) is 4.72 Å². The van der Waals surface area contributed by atoms with Crippen LogP contribution in [0.3, 0.4) is 0 Å². The maximum absolute atomic E-state index is 13.1. The van der Waals surface area contributed by atoms with E-state index in [1.807, 2.05) is 27.7 Å². The topological polar surface area (TPSA) is 116 Å². The van der Waals surface area contributed by atoms with Gasteiger partial charge in [-0.1, -0.05) is 81.4 Å². The van der Waals surface area contributed by atoms with E-state index < -0.39 is 22.1 Å². The summed E-state index contributed by atoms with van der Waals surface area (Å²) in [4.78, 5) is 25.0. The predicted octanol–water partition coefficient (Wildman–Crippen LogP) is 6.39. The fourth-order valence-corrected chi connectivity index (χ4v) is 5.35. The lowest BCUT2D eigenvalue weighted by molar-refractivity contribution is -0.118. The highest BCUT2D eigenvalue weighted by atomic mass is 32.2. The molecule has 0 aliphatic rings. The van der Waals surface area contributed by atoms with E-state index in [0.717, 1.165) is 16.7 Å². The summed E-state index contributed by atoms with van der Waals surface area (Å²) in [7, 11) is -4.50. The van der Waals surface area contributed by atoms with Crippen LogP contribution in [0.2, 0.25) is 0 Å². The van der Waals surface area contributed by atoms with Crippen LogP contribution in [0.25, 0.3) is 0 Å². The quantitative estimate of drug-likeness (QED) is 0.340. The van der Waals surface area contributed by atoms with Crippen molar-refractivity contribution in [2.45, 2.75) is 105 Å². The molecule has 210 valence electrons. The van der Waals surface area contributed by atoms with Gasteiger partial charge in [0.1, 0.15) is 0 Å². The molecule has 0 aliphatic carbocycles. The molecule has 3 N–H and O–H groups in total. The molecule has 0 spiro atoms. The van der Waals surface area contributed by atoms with Gasteiger partial charge in [-0.2, -0.15) is 8.42 Å². The van der Waals surface area contributed by atoms with Crippen LogP contribution in [0, 0.1) is 0 Å². The molecule has 0 bridgehead atoms. The van der Waals surface area contributed by atoms with Gasteiger partial charge in [-0.25, -0.2) is 4.72 Å². The molecule has 8 heteroatoms. The number of nitrogens with two attached hydrogens (primary N) is 1. The molecule has 2 rings (SSSR count). The highest BCUT2D eigenvalue weighted by Crippen LogP contribution is 2.37. The molecule has 0 heterocycles. The van der Waals surface area contributed by atoms with Gasteiger partial charge in [-0.3, -0.25) is 9.59 Å². The largest absolute Gasteiger partial charge is 0.409 e. The van der Waals surface area contributed by atoms with Crippen molar-refractivity contribution < 1.29 is 22.2 Å². The molecule has 2 amide bonds. The molecule has 0 atom stereocenters. The molecule has 0 fully saturated rings. The Balaban J connectivity index is 2.47. The van der Waals surface area contributed by atoms with Crippen LogP contribution >= 0.6 is 0 Å². The number of rotatable bonds is 11. The molecular formula is C30H44N2O5S. The molecule has 0 aliphatic heterocycles. The van der Waals surface area contributed by atoms with Crippen molar-refractivity contribution in [1.29, 1.82) is 0 Å². The average molecular weight is 545 g/mol. The number of nitrogens with one attached hydrogen (secondary N) is 1. The summed E-state index contributed by atoms with van der Waals surface area (Å²) in [5, 5.41) is 0. The Labute approximate surface area is 228 Å². The summed E-state index contributed by atoms with van der Waals surface area (Å²) < 4.78 is 33.8. The van der Waals surface area contributed by atoms with Crippen molar-refractivity contribution in [2.24, 2.45) is 5.73 Å². The Morgan fingerprint density at radius 3 is 1.50 bits per heavy atom. The van der Waals surface area contributed by atoms with Crippen molar-refractivity contribution in [2.75, 3.05) is 0 Å². The number of carbonyl (C=O) groups excluding carboxylic acids is 2. The SMILES string of the molecule is CC(C)c1cc(C(C)C)c(CC(=O)NS(=O)(=O)Oc2c(C(C)C)cc(C(N)=O)cc2C(C)C)c(C(C)C)c1. The molecule has 2 aromatic rings. The molecule has 2 aromatic carbocycles. The Kier molecular flexibility index (Phi) is 10.2. The fourth-order valence-electron chi connectivity index (χ4n) is 4.55. The molecular weight excluding hydrogens is 500 g/mol. The first-order valence-corrected chi connectivity index (χ1v) is 14.7. The van der Waals surface area contributed by atoms with Crippen LogP contribution < -0.4 is 14.6 Å². The molecule has 7 nitrogen and oxygen atoms in total. The van der Waals surface area contributed by atoms with Crippen molar-refractivity contribution in [3.05, 3.63) is 63.2 Å². The van der Waals surface area contributed by atoms with Crippen LogP contribution in [-0.2, 0) is 21.5 Å². The first-order chi connectivity index (χ1) is 17.4. The third-order valence-corrected chi connectivity index (χ3v) is 7.56. The summed E-state index contributed by atoms with van der Waals surface area (Å²) in [5.41, 5.74) is 11.0. The number of hydrogen-bond donors (Lipinski definition) is 2. The summed E-state index contributed by atoms with van der Waals surface area (Å²) >= 11 is 0. The lowest BCUT2D eigenvalue weighted by atomic mass is 9.83. The lowest BCUT2D eigenvalue weighted by Crippen LogP contribution is -2.36. The van der Waals surface area contributed by atoms with E-state index in [1.165, 1.54) is 5.56 Å². The van der Waals surface area contributed by atoms with Crippen LogP contribution in [-0.4, -0.2) is 20.2 Å². The summed E-state index contributed by atoms with van der Waals surface area (Å²) in [6.07, 6.45) is -0.0866. The number of hydrogen-bond acceptors (Lipinski definition) is 5. The van der Waals surface area contributed by atoms with E-state index in [1.54, 1.807) is 12.1 Å². The van der Waals surface area contributed by atoms with E-state index in [-0.39, 0.29) is 41.4 Å². The summed E-state index contributed by atoms with van der Waals surface area (Å²) in [5.74, 6) is -0.830. The number of primary amides is 1. The molecule has 0 radical (unpaired) electrons. The van der Waals surface area contributed by atoms with Gasteiger partial charge in [0.2, 0.25) is 11.8 Å². The third-order valence-electron chi connectivity index (χ3n) is 6.70. The smallest absolute Gasteiger partial charge is 0.366 e. The second-order valence-corrected chi connectivity index (χ2v) is 12.8. The second kappa shape index (κ2) is 12.3. The zero-order valence-electron chi connectivity index (χ0n) is 24.4. The van der Waals surface area contributed by atoms with Crippen molar-refractivity contribution in [3.63, 3.8) is 0 Å². The first kappa shape index (κ1) is 31.3. The number of amides is 2. The minimum absolute atomic E-state index is 0.0866. The number of benzene rings is 2. The van der Waals surface area contributed by atoms with Crippen molar-refractivity contribution in [3.8, 4) is 5.75 Å².